The lowest BCUT2D eigenvalue weighted by molar-refractivity contribution is 0.181. The molecule has 0 amide bonds. The van der Waals surface area contributed by atoms with Crippen molar-refractivity contribution in [3.8, 4) is 22.5 Å². The monoisotopic (exact) mass is 397 g/mol. The molecule has 0 saturated heterocycles. The summed E-state index contributed by atoms with van der Waals surface area (Å²) in [6.07, 6.45) is 3.05. The van der Waals surface area contributed by atoms with E-state index in [4.69, 9.17) is 4.74 Å². The zero-order valence-electron chi connectivity index (χ0n) is 15.4. The van der Waals surface area contributed by atoms with Gasteiger partial charge in [-0.25, -0.2) is 13.8 Å². The van der Waals surface area contributed by atoms with Crippen molar-refractivity contribution in [3.63, 3.8) is 0 Å². The maximum atomic E-state index is 14.5. The molecule has 148 valence electrons. The molecule has 9 heteroatoms. The van der Waals surface area contributed by atoms with E-state index in [2.05, 4.69) is 20.2 Å². The molecule has 3 heterocycles. The normalized spacial score (nSPS) is 11.1. The zero-order chi connectivity index (χ0) is 20.4. The lowest BCUT2D eigenvalue weighted by Crippen LogP contribution is -2.05. The van der Waals surface area contributed by atoms with Gasteiger partial charge in [0.15, 0.2) is 11.6 Å². The van der Waals surface area contributed by atoms with Gasteiger partial charge in [0.05, 0.1) is 42.3 Å². The fraction of sp³-hybridized carbons (Fsp3) is 0.150. The second-order valence-corrected chi connectivity index (χ2v) is 6.43. The van der Waals surface area contributed by atoms with Gasteiger partial charge >= 0.3 is 0 Å². The molecule has 0 radical (unpaired) electrons. The van der Waals surface area contributed by atoms with Crippen LogP contribution >= 0.6 is 0 Å². The number of aromatic amines is 2. The Labute approximate surface area is 164 Å². The number of ether oxygens (including phenoxy) is 1. The maximum Gasteiger partial charge on any atom is 0.247 e. The third-order valence-electron chi connectivity index (χ3n) is 4.42. The number of hydrogen-bond donors (Lipinski definition) is 2. The van der Waals surface area contributed by atoms with Gasteiger partial charge in [-0.05, 0) is 24.3 Å². The van der Waals surface area contributed by atoms with E-state index < -0.39 is 11.6 Å². The van der Waals surface area contributed by atoms with E-state index >= 15 is 0 Å². The highest BCUT2D eigenvalue weighted by atomic mass is 19.2. The van der Waals surface area contributed by atoms with Crippen LogP contribution in [-0.4, -0.2) is 31.8 Å². The fourth-order valence-corrected chi connectivity index (χ4v) is 3.14. The molecule has 0 atom stereocenters. The average Bonchev–Trinajstić information content (AvgIpc) is 3.32. The highest BCUT2D eigenvalue weighted by Crippen LogP contribution is 2.33. The lowest BCUT2D eigenvalue weighted by Gasteiger charge is -2.10. The van der Waals surface area contributed by atoms with Gasteiger partial charge in [-0.15, -0.1) is 0 Å². The van der Waals surface area contributed by atoms with Crippen LogP contribution in [0.5, 0.6) is 0 Å². The minimum absolute atomic E-state index is 0.0367. The van der Waals surface area contributed by atoms with Crippen LogP contribution in [0.1, 0.15) is 11.4 Å². The van der Waals surface area contributed by atoms with Crippen LogP contribution in [0.2, 0.25) is 0 Å². The zero-order valence-corrected chi connectivity index (χ0v) is 15.4. The molecule has 0 aliphatic heterocycles. The van der Waals surface area contributed by atoms with E-state index in [-0.39, 0.29) is 16.8 Å². The molecule has 3 aromatic heterocycles. The summed E-state index contributed by atoms with van der Waals surface area (Å²) in [6.45, 7) is 0.724. The van der Waals surface area contributed by atoms with Crippen molar-refractivity contribution in [1.82, 2.24) is 24.7 Å². The molecule has 2 N–H and O–H groups in total. The third-order valence-corrected chi connectivity index (χ3v) is 4.42. The Bertz CT molecular complexity index is 1190. The molecule has 0 unspecified atom stereocenters. The third kappa shape index (κ3) is 3.72. The Morgan fingerprint density at radius 1 is 1.21 bits per heavy atom. The molecule has 0 aliphatic carbocycles. The van der Waals surface area contributed by atoms with Crippen LogP contribution in [0.25, 0.3) is 22.5 Å². The maximum absolute atomic E-state index is 14.5. The summed E-state index contributed by atoms with van der Waals surface area (Å²) in [6, 6.07) is 8.77. The van der Waals surface area contributed by atoms with Crippen LogP contribution in [0.3, 0.4) is 0 Å². The number of H-pyrrole nitrogens is 2. The van der Waals surface area contributed by atoms with Crippen LogP contribution in [-0.2, 0) is 17.9 Å². The number of methoxy groups -OCH3 is 1. The Kier molecular flexibility index (Phi) is 5.05. The quantitative estimate of drug-likeness (QED) is 0.523. The van der Waals surface area contributed by atoms with Gasteiger partial charge in [-0.2, -0.15) is 5.10 Å². The molecular weight excluding hydrogens is 380 g/mol. The molecular formula is C20H17F2N5O2. The van der Waals surface area contributed by atoms with Gasteiger partial charge < -0.3 is 14.3 Å². The Balaban J connectivity index is 1.83. The van der Waals surface area contributed by atoms with Gasteiger partial charge in [0.1, 0.15) is 0 Å². The number of hydrogen-bond acceptors (Lipinski definition) is 4. The Morgan fingerprint density at radius 2 is 2.07 bits per heavy atom. The smallest absolute Gasteiger partial charge is 0.247 e. The first-order valence-corrected chi connectivity index (χ1v) is 8.77. The van der Waals surface area contributed by atoms with E-state index in [0.717, 1.165) is 17.5 Å². The van der Waals surface area contributed by atoms with Crippen molar-refractivity contribution >= 4 is 0 Å². The molecule has 0 aliphatic rings. The summed E-state index contributed by atoms with van der Waals surface area (Å²) in [7, 11) is 1.58. The number of pyridine rings is 1. The van der Waals surface area contributed by atoms with Gasteiger partial charge in [-0.1, -0.05) is 6.07 Å². The summed E-state index contributed by atoms with van der Waals surface area (Å²) < 4.78 is 35.1. The van der Waals surface area contributed by atoms with E-state index in [1.807, 2.05) is 6.07 Å². The summed E-state index contributed by atoms with van der Waals surface area (Å²) in [5.41, 5.74) is 2.71. The van der Waals surface area contributed by atoms with Crippen molar-refractivity contribution < 1.29 is 13.5 Å². The van der Waals surface area contributed by atoms with E-state index in [1.54, 1.807) is 17.7 Å². The van der Waals surface area contributed by atoms with Gasteiger partial charge in [0, 0.05) is 30.5 Å². The number of nitrogens with zero attached hydrogens (tertiary/aromatic N) is 3. The number of halogens is 2. The highest BCUT2D eigenvalue weighted by Gasteiger charge is 2.20. The molecule has 0 saturated carbocycles. The predicted octanol–water partition coefficient (Wildman–Crippen LogP) is 3.10. The molecule has 0 fully saturated rings. The first-order chi connectivity index (χ1) is 14.1. The Morgan fingerprint density at radius 3 is 2.83 bits per heavy atom. The first kappa shape index (κ1) is 18.8. The molecule has 4 aromatic rings. The number of rotatable bonds is 6. The van der Waals surface area contributed by atoms with Crippen molar-refractivity contribution in [1.29, 1.82) is 0 Å². The topological polar surface area (TPSA) is 88.6 Å². The number of nitrogens with one attached hydrogen (secondary N) is 2. The van der Waals surface area contributed by atoms with Crippen LogP contribution in [0.15, 0.2) is 53.7 Å². The largest absolute Gasteiger partial charge is 0.378 e. The summed E-state index contributed by atoms with van der Waals surface area (Å²) in [4.78, 5) is 18.4. The molecule has 7 nitrogen and oxygen atoms in total. The fourth-order valence-electron chi connectivity index (χ4n) is 3.14. The minimum atomic E-state index is -0.979. The van der Waals surface area contributed by atoms with Crippen molar-refractivity contribution in [2.24, 2.45) is 0 Å². The lowest BCUT2D eigenvalue weighted by atomic mass is 10.1. The van der Waals surface area contributed by atoms with Crippen LogP contribution in [0.4, 0.5) is 8.78 Å². The number of aromatic nitrogens is 5. The molecule has 1 aromatic carbocycles. The molecule has 0 spiro atoms. The van der Waals surface area contributed by atoms with E-state index in [1.165, 1.54) is 30.7 Å². The van der Waals surface area contributed by atoms with Gasteiger partial charge in [0.2, 0.25) is 5.56 Å². The highest BCUT2D eigenvalue weighted by molar-refractivity contribution is 5.78. The first-order valence-electron chi connectivity index (χ1n) is 8.77. The average molecular weight is 397 g/mol. The van der Waals surface area contributed by atoms with Gasteiger partial charge in [-0.3, -0.25) is 9.89 Å². The van der Waals surface area contributed by atoms with Crippen molar-refractivity contribution in [2.75, 3.05) is 7.11 Å². The minimum Gasteiger partial charge on any atom is -0.378 e. The van der Waals surface area contributed by atoms with E-state index in [9.17, 15) is 13.6 Å². The predicted molar refractivity (Wildman–Crippen MR) is 102 cm³/mol. The SMILES string of the molecule is COCc1cc(Cn2cnc(-c3cccc(F)c3F)c2-c2ccc(=O)[nH]c2)[nH]n1. The standard InChI is InChI=1S/C20H17F2N5O2/c1-29-10-14-7-13(25-26-14)9-27-11-24-19(15-3-2-4-16(21)18(15)22)20(27)12-5-6-17(28)23-8-12/h2-8,11H,9-10H2,1H3,(H,23,28)(H,25,26). The number of benzene rings is 1. The van der Waals surface area contributed by atoms with Crippen molar-refractivity contribution in [2.45, 2.75) is 13.2 Å². The van der Waals surface area contributed by atoms with Crippen LogP contribution < -0.4 is 5.56 Å². The van der Waals surface area contributed by atoms with Crippen molar-refractivity contribution in [3.05, 3.63) is 82.3 Å². The Hall–Kier alpha value is -3.59. The second-order valence-electron chi connectivity index (χ2n) is 6.43. The summed E-state index contributed by atoms with van der Waals surface area (Å²) >= 11 is 0. The number of imidazole rings is 1. The molecule has 0 bridgehead atoms. The second kappa shape index (κ2) is 7.80. The summed E-state index contributed by atoms with van der Waals surface area (Å²) in [5.74, 6) is -1.94. The van der Waals surface area contributed by atoms with E-state index in [0.29, 0.717) is 24.4 Å². The molecule has 29 heavy (non-hydrogen) atoms. The molecule has 4 rings (SSSR count). The van der Waals surface area contributed by atoms with Crippen LogP contribution in [0, 0.1) is 11.6 Å². The van der Waals surface area contributed by atoms with Gasteiger partial charge in [0.25, 0.3) is 0 Å². The summed E-state index contributed by atoms with van der Waals surface area (Å²) in [5, 5.41) is 7.09.